The average Bonchev–Trinajstić information content (AvgIpc) is 2.43. The molecule has 0 aliphatic heterocycles. The second-order valence-corrected chi connectivity index (χ2v) is 7.09. The smallest absolute Gasteiger partial charge is 0.0342 e. The summed E-state index contributed by atoms with van der Waals surface area (Å²) >= 11 is 0. The minimum Gasteiger partial charge on any atom is -0.382 e. The minimum atomic E-state index is 0.429. The fourth-order valence-electron chi connectivity index (χ4n) is 3.31. The molecule has 0 amide bonds. The zero-order valence-corrected chi connectivity index (χ0v) is 13.5. The van der Waals surface area contributed by atoms with Crippen LogP contribution in [0.25, 0.3) is 0 Å². The van der Waals surface area contributed by atoms with Crippen LogP contribution in [0.5, 0.6) is 0 Å². The van der Waals surface area contributed by atoms with Gasteiger partial charge in [-0.3, -0.25) is 0 Å². The van der Waals surface area contributed by atoms with Gasteiger partial charge in [0.25, 0.3) is 0 Å². The highest BCUT2D eigenvalue weighted by Gasteiger charge is 2.31. The molecule has 1 nitrogen and oxygen atoms in total. The highest BCUT2D eigenvalue weighted by atomic mass is 14.9. The molecule has 112 valence electrons. The normalized spacial score (nSPS) is 21.6. The zero-order valence-electron chi connectivity index (χ0n) is 13.5. The van der Waals surface area contributed by atoms with E-state index in [-0.39, 0.29) is 0 Å². The maximum absolute atomic E-state index is 3.77. The van der Waals surface area contributed by atoms with Crippen LogP contribution in [0.15, 0.2) is 24.3 Å². The molecule has 0 heterocycles. The maximum atomic E-state index is 3.77. The van der Waals surface area contributed by atoms with Crippen LogP contribution in [0.2, 0.25) is 0 Å². The van der Waals surface area contributed by atoms with Gasteiger partial charge in [0.1, 0.15) is 0 Å². The van der Waals surface area contributed by atoms with Crippen molar-refractivity contribution in [3.63, 3.8) is 0 Å². The molecule has 1 fully saturated rings. The van der Waals surface area contributed by atoms with Crippen LogP contribution in [-0.2, 0) is 6.42 Å². The lowest BCUT2D eigenvalue weighted by Gasteiger charge is -2.39. The lowest BCUT2D eigenvalue weighted by atomic mass is 9.73. The van der Waals surface area contributed by atoms with Crippen LogP contribution in [0.1, 0.15) is 71.3 Å². The van der Waals surface area contributed by atoms with Gasteiger partial charge in [-0.15, -0.1) is 0 Å². The average molecular weight is 273 g/mol. The largest absolute Gasteiger partial charge is 0.382 e. The van der Waals surface area contributed by atoms with Crippen LogP contribution in [0.3, 0.4) is 0 Å². The number of nitrogens with one attached hydrogen (secondary N) is 1. The molecule has 1 heteroatoms. The molecule has 1 atom stereocenters. The predicted molar refractivity (Wildman–Crippen MR) is 89.3 cm³/mol. The third kappa shape index (κ3) is 4.26. The van der Waals surface area contributed by atoms with E-state index in [0.717, 1.165) is 0 Å². The summed E-state index contributed by atoms with van der Waals surface area (Å²) in [5.74, 6) is 0. The second-order valence-electron chi connectivity index (χ2n) is 7.09. The fourth-order valence-corrected chi connectivity index (χ4v) is 3.31. The van der Waals surface area contributed by atoms with Crippen molar-refractivity contribution in [3.8, 4) is 0 Å². The molecule has 1 aliphatic carbocycles. The van der Waals surface area contributed by atoms with Crippen LogP contribution >= 0.6 is 0 Å². The zero-order chi connectivity index (χ0) is 14.4. The maximum Gasteiger partial charge on any atom is 0.0342 e. The van der Waals surface area contributed by atoms with Crippen molar-refractivity contribution < 1.29 is 0 Å². The Morgan fingerprint density at radius 2 is 1.85 bits per heavy atom. The van der Waals surface area contributed by atoms with E-state index in [4.69, 9.17) is 0 Å². The Morgan fingerprint density at radius 1 is 1.10 bits per heavy atom. The number of unbranched alkanes of at least 4 members (excludes halogenated alkanes) is 2. The van der Waals surface area contributed by atoms with Crippen LogP contribution in [0.4, 0.5) is 5.69 Å². The van der Waals surface area contributed by atoms with Gasteiger partial charge < -0.3 is 5.32 Å². The first kappa shape index (κ1) is 15.4. The number of aryl methyl sites for hydroxylation is 1. The Balaban J connectivity index is 1.89. The first-order valence-electron chi connectivity index (χ1n) is 8.47. The van der Waals surface area contributed by atoms with Gasteiger partial charge in [-0.05, 0) is 48.8 Å². The van der Waals surface area contributed by atoms with E-state index in [2.05, 4.69) is 50.4 Å². The third-order valence-electron chi connectivity index (χ3n) is 4.87. The van der Waals surface area contributed by atoms with Gasteiger partial charge in [0.05, 0.1) is 0 Å². The summed E-state index contributed by atoms with van der Waals surface area (Å²) in [6.07, 6.45) is 10.6. The minimum absolute atomic E-state index is 0.429. The van der Waals surface area contributed by atoms with E-state index in [1.807, 2.05) is 0 Å². The fraction of sp³-hybridized carbons (Fsp3) is 0.684. The van der Waals surface area contributed by atoms with Gasteiger partial charge >= 0.3 is 0 Å². The van der Waals surface area contributed by atoms with E-state index >= 15 is 0 Å². The summed E-state index contributed by atoms with van der Waals surface area (Å²) < 4.78 is 0. The molecule has 0 bridgehead atoms. The van der Waals surface area contributed by atoms with Crippen molar-refractivity contribution >= 4 is 5.69 Å². The van der Waals surface area contributed by atoms with Crippen molar-refractivity contribution in [2.75, 3.05) is 5.32 Å². The first-order chi connectivity index (χ1) is 9.62. The van der Waals surface area contributed by atoms with E-state index in [1.165, 1.54) is 62.6 Å². The van der Waals surface area contributed by atoms with Gasteiger partial charge in [-0.25, -0.2) is 0 Å². The second kappa shape index (κ2) is 7.15. The summed E-state index contributed by atoms with van der Waals surface area (Å²) in [6, 6.07) is 9.77. The molecule has 0 saturated heterocycles. The first-order valence-corrected chi connectivity index (χ1v) is 8.47. The molecule has 1 aromatic rings. The summed E-state index contributed by atoms with van der Waals surface area (Å²) in [6.45, 7) is 7.07. The van der Waals surface area contributed by atoms with Crippen molar-refractivity contribution in [1.29, 1.82) is 0 Å². The molecule has 1 saturated carbocycles. The van der Waals surface area contributed by atoms with E-state index in [9.17, 15) is 0 Å². The number of benzene rings is 1. The number of hydrogen-bond acceptors (Lipinski definition) is 1. The van der Waals surface area contributed by atoms with Crippen molar-refractivity contribution in [2.45, 2.75) is 78.2 Å². The molecule has 0 radical (unpaired) electrons. The summed E-state index contributed by atoms with van der Waals surface area (Å²) in [4.78, 5) is 0. The number of anilines is 1. The van der Waals surface area contributed by atoms with Crippen molar-refractivity contribution in [1.82, 2.24) is 0 Å². The molecule has 1 aromatic carbocycles. The van der Waals surface area contributed by atoms with E-state index < -0.39 is 0 Å². The van der Waals surface area contributed by atoms with E-state index in [1.54, 1.807) is 0 Å². The number of hydrogen-bond donors (Lipinski definition) is 1. The molecule has 1 unspecified atom stereocenters. The van der Waals surface area contributed by atoms with Crippen LogP contribution in [0, 0.1) is 5.41 Å². The Bertz CT molecular complexity index is 391. The summed E-state index contributed by atoms with van der Waals surface area (Å²) in [7, 11) is 0. The van der Waals surface area contributed by atoms with Gasteiger partial charge in [0.15, 0.2) is 0 Å². The highest BCUT2D eigenvalue weighted by molar-refractivity contribution is 5.46. The monoisotopic (exact) mass is 273 g/mol. The van der Waals surface area contributed by atoms with Gasteiger partial charge in [0, 0.05) is 11.7 Å². The van der Waals surface area contributed by atoms with Crippen molar-refractivity contribution in [3.05, 3.63) is 29.8 Å². The van der Waals surface area contributed by atoms with Crippen LogP contribution in [-0.4, -0.2) is 6.04 Å². The SMILES string of the molecule is CCCCCc1ccc(NC2CCCCC2(C)C)cc1. The summed E-state index contributed by atoms with van der Waals surface area (Å²) in [5.41, 5.74) is 3.20. The molecular formula is C19H31N. The van der Waals surface area contributed by atoms with E-state index in [0.29, 0.717) is 11.5 Å². The lowest BCUT2D eigenvalue weighted by molar-refractivity contribution is 0.217. The third-order valence-corrected chi connectivity index (χ3v) is 4.87. The molecular weight excluding hydrogens is 242 g/mol. The van der Waals surface area contributed by atoms with Crippen molar-refractivity contribution in [2.24, 2.45) is 5.41 Å². The Labute approximate surface area is 125 Å². The molecule has 1 aliphatic rings. The summed E-state index contributed by atoms with van der Waals surface area (Å²) in [5, 5.41) is 3.77. The van der Waals surface area contributed by atoms with Crippen LogP contribution < -0.4 is 5.32 Å². The van der Waals surface area contributed by atoms with Gasteiger partial charge in [0.2, 0.25) is 0 Å². The predicted octanol–water partition coefficient (Wildman–Crippen LogP) is 5.80. The highest BCUT2D eigenvalue weighted by Crippen LogP contribution is 2.37. The van der Waals surface area contributed by atoms with Gasteiger partial charge in [-0.1, -0.05) is 58.6 Å². The Morgan fingerprint density at radius 3 is 2.50 bits per heavy atom. The molecule has 0 spiro atoms. The lowest BCUT2D eigenvalue weighted by Crippen LogP contribution is -2.38. The topological polar surface area (TPSA) is 12.0 Å². The molecule has 2 rings (SSSR count). The Hall–Kier alpha value is -0.980. The number of rotatable bonds is 6. The molecule has 0 aromatic heterocycles. The quantitative estimate of drug-likeness (QED) is 0.646. The standard InChI is InChI=1S/C19H31N/c1-4-5-6-9-16-11-13-17(14-12-16)20-18-10-7-8-15-19(18,2)3/h11-14,18,20H,4-10,15H2,1-3H3. The molecule has 20 heavy (non-hydrogen) atoms. The van der Waals surface area contributed by atoms with Gasteiger partial charge in [-0.2, -0.15) is 0 Å². The Kier molecular flexibility index (Phi) is 5.51. The molecule has 1 N–H and O–H groups in total.